The van der Waals surface area contributed by atoms with Gasteiger partial charge in [-0.3, -0.25) is 19.4 Å². The second-order valence-electron chi connectivity index (χ2n) is 10.4. The fraction of sp³-hybridized carbons (Fsp3) is 0.640. The minimum Gasteiger partial charge on any atom is -0.367 e. The quantitative estimate of drug-likeness (QED) is 0.644. The predicted octanol–water partition coefficient (Wildman–Crippen LogP) is 2.15. The van der Waals surface area contributed by atoms with Crippen molar-refractivity contribution in [2.45, 2.75) is 64.5 Å². The van der Waals surface area contributed by atoms with E-state index in [-0.39, 0.29) is 37.3 Å². The molecule has 1 N–H and O–H groups in total. The summed E-state index contributed by atoms with van der Waals surface area (Å²) in [6, 6.07) is 2.18. The van der Waals surface area contributed by atoms with Gasteiger partial charge in [0, 0.05) is 69.7 Å². The maximum absolute atomic E-state index is 13.1. The summed E-state index contributed by atoms with van der Waals surface area (Å²) >= 11 is 0. The van der Waals surface area contributed by atoms with Crippen LogP contribution in [0.2, 0.25) is 0 Å². The number of alkyl halides is 3. The van der Waals surface area contributed by atoms with E-state index in [4.69, 9.17) is 4.52 Å². The first-order valence-electron chi connectivity index (χ1n) is 12.8. The summed E-state index contributed by atoms with van der Waals surface area (Å²) < 4.78 is 46.0. The maximum Gasteiger partial charge on any atom is 0.416 e. The van der Waals surface area contributed by atoms with Gasteiger partial charge in [0.1, 0.15) is 11.4 Å². The van der Waals surface area contributed by atoms with E-state index < -0.39 is 17.3 Å². The number of fused-ring (bicyclic) bond motifs is 1. The molecule has 3 aliphatic heterocycles. The standard InChI is InChI=1S/C25H33F3N6O3/c1-16-24(17(2)37-30-16)32-7-4-20(5-8-32)33-6-3-19(13-33)29-22(35)15-31-9-10-34-21(14-31)11-18(12-23(34)36)25(26,27)28/h11-12,19-20H,3-10,13-15H2,1-2H3,(H,29,35). The van der Waals surface area contributed by atoms with E-state index in [1.54, 1.807) is 4.90 Å². The van der Waals surface area contributed by atoms with Crippen LogP contribution >= 0.6 is 0 Å². The molecule has 2 saturated heterocycles. The Hall–Kier alpha value is -2.86. The van der Waals surface area contributed by atoms with E-state index in [1.807, 2.05) is 13.8 Å². The SMILES string of the molecule is Cc1noc(C)c1N1CCC(N2CCC(NC(=O)CN3CCn4c(cc(C(F)(F)F)cc4=O)C3)C2)CC1. The number of halogens is 3. The van der Waals surface area contributed by atoms with Gasteiger partial charge in [-0.2, -0.15) is 13.2 Å². The van der Waals surface area contributed by atoms with E-state index in [9.17, 15) is 22.8 Å². The number of pyridine rings is 1. The molecule has 37 heavy (non-hydrogen) atoms. The number of aryl methyl sites for hydroxylation is 2. The molecule has 9 nitrogen and oxygen atoms in total. The summed E-state index contributed by atoms with van der Waals surface area (Å²) in [5.41, 5.74) is 0.708. The Kier molecular flexibility index (Phi) is 7.06. The Bertz CT molecular complexity index is 1180. The van der Waals surface area contributed by atoms with Crippen molar-refractivity contribution in [3.05, 3.63) is 45.2 Å². The second kappa shape index (κ2) is 10.1. The lowest BCUT2D eigenvalue weighted by Gasteiger charge is -2.37. The van der Waals surface area contributed by atoms with Crippen LogP contribution in [0.4, 0.5) is 18.9 Å². The van der Waals surface area contributed by atoms with Gasteiger partial charge in [0.2, 0.25) is 5.91 Å². The van der Waals surface area contributed by atoms with Crippen LogP contribution in [0.25, 0.3) is 0 Å². The Morgan fingerprint density at radius 2 is 1.86 bits per heavy atom. The number of aromatic nitrogens is 2. The molecule has 1 atom stereocenters. The lowest BCUT2D eigenvalue weighted by molar-refractivity contribution is -0.138. The molecule has 202 valence electrons. The van der Waals surface area contributed by atoms with Crippen LogP contribution in [0.1, 0.15) is 42.0 Å². The number of anilines is 1. The molecular weight excluding hydrogens is 489 g/mol. The van der Waals surface area contributed by atoms with Crippen molar-refractivity contribution in [1.29, 1.82) is 0 Å². The lowest BCUT2D eigenvalue weighted by atomic mass is 10.0. The Balaban J connectivity index is 1.10. The molecular formula is C25H33F3N6O3. The van der Waals surface area contributed by atoms with E-state index in [0.29, 0.717) is 18.7 Å². The number of hydrogen-bond donors (Lipinski definition) is 1. The topological polar surface area (TPSA) is 86.8 Å². The van der Waals surface area contributed by atoms with Crippen molar-refractivity contribution in [1.82, 2.24) is 24.8 Å². The number of piperidine rings is 1. The van der Waals surface area contributed by atoms with Gasteiger partial charge in [-0.1, -0.05) is 5.16 Å². The minimum atomic E-state index is -4.58. The van der Waals surface area contributed by atoms with Gasteiger partial charge in [-0.25, -0.2) is 0 Å². The van der Waals surface area contributed by atoms with E-state index in [2.05, 4.69) is 20.3 Å². The van der Waals surface area contributed by atoms with Gasteiger partial charge in [0.15, 0.2) is 5.76 Å². The van der Waals surface area contributed by atoms with Crippen LogP contribution in [-0.2, 0) is 24.1 Å². The number of nitrogens with one attached hydrogen (secondary N) is 1. The maximum atomic E-state index is 13.1. The highest BCUT2D eigenvalue weighted by atomic mass is 19.4. The van der Waals surface area contributed by atoms with Crippen molar-refractivity contribution in [2.24, 2.45) is 0 Å². The third-order valence-electron chi connectivity index (χ3n) is 7.81. The Labute approximate surface area is 213 Å². The van der Waals surface area contributed by atoms with Gasteiger partial charge in [-0.05, 0) is 39.2 Å². The fourth-order valence-corrected chi connectivity index (χ4v) is 5.98. The number of rotatable bonds is 5. The average molecular weight is 523 g/mol. The second-order valence-corrected chi connectivity index (χ2v) is 10.4. The summed E-state index contributed by atoms with van der Waals surface area (Å²) in [4.78, 5) is 31.5. The van der Waals surface area contributed by atoms with Crippen LogP contribution in [0.3, 0.4) is 0 Å². The first-order valence-corrected chi connectivity index (χ1v) is 12.8. The van der Waals surface area contributed by atoms with Crippen LogP contribution in [-0.4, -0.2) is 76.8 Å². The largest absolute Gasteiger partial charge is 0.416 e. The van der Waals surface area contributed by atoms with Gasteiger partial charge >= 0.3 is 6.18 Å². The van der Waals surface area contributed by atoms with Gasteiger partial charge < -0.3 is 19.3 Å². The number of carbonyl (C=O) groups excluding carboxylic acids is 1. The number of nitrogens with zero attached hydrogens (tertiary/aromatic N) is 5. The van der Waals surface area contributed by atoms with Gasteiger partial charge in [-0.15, -0.1) is 0 Å². The first-order chi connectivity index (χ1) is 17.6. The van der Waals surface area contributed by atoms with Gasteiger partial charge in [0.25, 0.3) is 5.56 Å². The molecule has 12 heteroatoms. The number of hydrogen-bond acceptors (Lipinski definition) is 7. The van der Waals surface area contributed by atoms with Crippen molar-refractivity contribution in [3.63, 3.8) is 0 Å². The molecule has 5 rings (SSSR count). The predicted molar refractivity (Wildman–Crippen MR) is 130 cm³/mol. The van der Waals surface area contributed by atoms with Gasteiger partial charge in [0.05, 0.1) is 12.1 Å². The zero-order chi connectivity index (χ0) is 26.3. The third-order valence-corrected chi connectivity index (χ3v) is 7.81. The highest BCUT2D eigenvalue weighted by Gasteiger charge is 2.34. The molecule has 0 saturated carbocycles. The summed E-state index contributed by atoms with van der Waals surface area (Å²) in [6.45, 7) is 8.45. The molecule has 0 bridgehead atoms. The third kappa shape index (κ3) is 5.54. The van der Waals surface area contributed by atoms with Crippen molar-refractivity contribution < 1.29 is 22.5 Å². The molecule has 5 heterocycles. The van der Waals surface area contributed by atoms with Crippen molar-refractivity contribution >= 4 is 11.6 Å². The van der Waals surface area contributed by atoms with Crippen LogP contribution in [0.15, 0.2) is 21.5 Å². The molecule has 0 spiro atoms. The van der Waals surface area contributed by atoms with Crippen molar-refractivity contribution in [3.8, 4) is 0 Å². The minimum absolute atomic E-state index is 0.0598. The zero-order valence-electron chi connectivity index (χ0n) is 21.2. The average Bonchev–Trinajstić information content (AvgIpc) is 3.44. The number of likely N-dealkylation sites (tertiary alicyclic amines) is 1. The molecule has 2 aromatic rings. The highest BCUT2D eigenvalue weighted by Crippen LogP contribution is 2.30. The molecule has 0 radical (unpaired) electrons. The highest BCUT2D eigenvalue weighted by molar-refractivity contribution is 5.78. The summed E-state index contributed by atoms with van der Waals surface area (Å²) in [5.74, 6) is 0.716. The summed E-state index contributed by atoms with van der Waals surface area (Å²) in [7, 11) is 0. The Morgan fingerprint density at radius 3 is 2.54 bits per heavy atom. The molecule has 2 fully saturated rings. The molecule has 0 aromatic carbocycles. The molecule has 2 aromatic heterocycles. The molecule has 0 aliphatic carbocycles. The van der Waals surface area contributed by atoms with Crippen molar-refractivity contribution in [2.75, 3.05) is 44.2 Å². The summed E-state index contributed by atoms with van der Waals surface area (Å²) in [5, 5.41) is 7.18. The summed E-state index contributed by atoms with van der Waals surface area (Å²) in [6.07, 6.45) is -1.62. The zero-order valence-corrected chi connectivity index (χ0v) is 21.2. The van der Waals surface area contributed by atoms with Crippen LogP contribution < -0.4 is 15.8 Å². The van der Waals surface area contributed by atoms with Crippen LogP contribution in [0, 0.1) is 13.8 Å². The molecule has 1 unspecified atom stereocenters. The smallest absolute Gasteiger partial charge is 0.367 e. The van der Waals surface area contributed by atoms with E-state index >= 15 is 0 Å². The normalized spacial score (nSPS) is 21.9. The van der Waals surface area contributed by atoms with Crippen LogP contribution in [0.5, 0.6) is 0 Å². The first kappa shape index (κ1) is 25.8. The Morgan fingerprint density at radius 1 is 1.11 bits per heavy atom. The van der Waals surface area contributed by atoms with E-state index in [1.165, 1.54) is 4.57 Å². The number of carbonyl (C=O) groups is 1. The lowest BCUT2D eigenvalue weighted by Crippen LogP contribution is -2.48. The molecule has 3 aliphatic rings. The fourth-order valence-electron chi connectivity index (χ4n) is 5.98. The number of amides is 1. The molecule has 1 amide bonds. The monoisotopic (exact) mass is 522 g/mol. The van der Waals surface area contributed by atoms with E-state index in [0.717, 1.165) is 68.6 Å².